The SMILES string of the molecule is C#CCCC1(CCNC(=O)Cn2ccc3c(NC(C)=O)cccc32)N=N1. The zero-order valence-corrected chi connectivity index (χ0v) is 14.7. The van der Waals surface area contributed by atoms with Crippen LogP contribution in [-0.2, 0) is 16.1 Å². The van der Waals surface area contributed by atoms with Gasteiger partial charge in [0.1, 0.15) is 6.54 Å². The van der Waals surface area contributed by atoms with Gasteiger partial charge in [0.05, 0.1) is 11.2 Å². The summed E-state index contributed by atoms with van der Waals surface area (Å²) in [5, 5.41) is 14.7. The van der Waals surface area contributed by atoms with Crippen molar-refractivity contribution in [3.05, 3.63) is 30.5 Å². The Hall–Kier alpha value is -3.14. The van der Waals surface area contributed by atoms with Crippen LogP contribution in [0.2, 0.25) is 0 Å². The molecule has 134 valence electrons. The summed E-state index contributed by atoms with van der Waals surface area (Å²) in [6.45, 7) is 2.18. The highest BCUT2D eigenvalue weighted by Crippen LogP contribution is 2.36. The molecule has 1 aromatic carbocycles. The number of amides is 2. The number of carbonyl (C=O) groups is 2. The topological polar surface area (TPSA) is 87.9 Å². The number of hydrogen-bond acceptors (Lipinski definition) is 4. The predicted molar refractivity (Wildman–Crippen MR) is 99.5 cm³/mol. The molecule has 1 aliphatic rings. The highest BCUT2D eigenvalue weighted by Gasteiger charge is 2.38. The third-order valence-electron chi connectivity index (χ3n) is 4.34. The second-order valence-corrected chi connectivity index (χ2v) is 6.35. The monoisotopic (exact) mass is 351 g/mol. The molecular formula is C19H21N5O2. The Morgan fingerprint density at radius 2 is 2.08 bits per heavy atom. The summed E-state index contributed by atoms with van der Waals surface area (Å²) in [5.74, 6) is 2.38. The average molecular weight is 351 g/mol. The largest absolute Gasteiger partial charge is 0.354 e. The van der Waals surface area contributed by atoms with Gasteiger partial charge in [0.25, 0.3) is 0 Å². The molecule has 0 unspecified atom stereocenters. The Morgan fingerprint density at radius 3 is 2.77 bits per heavy atom. The molecule has 0 bridgehead atoms. The van der Waals surface area contributed by atoms with Crippen LogP contribution in [-0.4, -0.2) is 28.6 Å². The lowest BCUT2D eigenvalue weighted by Gasteiger charge is -2.11. The first-order chi connectivity index (χ1) is 12.5. The minimum atomic E-state index is -0.382. The number of benzene rings is 1. The molecule has 0 spiro atoms. The lowest BCUT2D eigenvalue weighted by atomic mass is 10.0. The number of terminal acetylenes is 1. The van der Waals surface area contributed by atoms with Crippen LogP contribution >= 0.6 is 0 Å². The van der Waals surface area contributed by atoms with Crippen molar-refractivity contribution in [2.45, 2.75) is 38.4 Å². The summed E-state index contributed by atoms with van der Waals surface area (Å²) in [6.07, 6.45) is 9.14. The van der Waals surface area contributed by atoms with Crippen LogP contribution in [0.1, 0.15) is 26.2 Å². The first-order valence-electron chi connectivity index (χ1n) is 8.53. The first-order valence-corrected chi connectivity index (χ1v) is 8.53. The molecule has 0 saturated heterocycles. The van der Waals surface area contributed by atoms with Crippen molar-refractivity contribution in [2.24, 2.45) is 10.2 Å². The van der Waals surface area contributed by atoms with Gasteiger partial charge in [0.15, 0.2) is 5.66 Å². The summed E-state index contributed by atoms with van der Waals surface area (Å²) in [4.78, 5) is 23.5. The molecule has 7 heteroatoms. The van der Waals surface area contributed by atoms with E-state index in [2.05, 4.69) is 26.8 Å². The number of nitrogens with zero attached hydrogens (tertiary/aromatic N) is 3. The molecule has 3 rings (SSSR count). The normalized spacial score (nSPS) is 14.0. The minimum Gasteiger partial charge on any atom is -0.354 e. The molecule has 0 radical (unpaired) electrons. The van der Waals surface area contributed by atoms with Crippen LogP contribution < -0.4 is 10.6 Å². The number of fused-ring (bicyclic) bond motifs is 1. The number of nitrogens with one attached hydrogen (secondary N) is 2. The van der Waals surface area contributed by atoms with E-state index in [4.69, 9.17) is 6.42 Å². The Bertz CT molecular complexity index is 900. The first kappa shape index (κ1) is 17.7. The third-order valence-corrected chi connectivity index (χ3v) is 4.34. The maximum atomic E-state index is 12.2. The van der Waals surface area contributed by atoms with Crippen LogP contribution in [0.4, 0.5) is 5.69 Å². The van der Waals surface area contributed by atoms with E-state index in [0.29, 0.717) is 19.4 Å². The van der Waals surface area contributed by atoms with Crippen molar-refractivity contribution in [1.82, 2.24) is 9.88 Å². The Morgan fingerprint density at radius 1 is 1.27 bits per heavy atom. The number of rotatable bonds is 8. The van der Waals surface area contributed by atoms with Gasteiger partial charge in [-0.15, -0.1) is 12.3 Å². The summed E-state index contributed by atoms with van der Waals surface area (Å²) >= 11 is 0. The molecule has 2 aromatic rings. The highest BCUT2D eigenvalue weighted by molar-refractivity contribution is 6.01. The molecule has 2 N–H and O–H groups in total. The van der Waals surface area contributed by atoms with E-state index in [-0.39, 0.29) is 24.0 Å². The smallest absolute Gasteiger partial charge is 0.239 e. The van der Waals surface area contributed by atoms with Gasteiger partial charge >= 0.3 is 0 Å². The van der Waals surface area contributed by atoms with Gasteiger partial charge in [-0.3, -0.25) is 9.59 Å². The lowest BCUT2D eigenvalue weighted by Crippen LogP contribution is -2.30. The fraction of sp³-hybridized carbons (Fsp3) is 0.368. The van der Waals surface area contributed by atoms with Crippen molar-refractivity contribution in [3.63, 3.8) is 0 Å². The summed E-state index contributed by atoms with van der Waals surface area (Å²) in [6, 6.07) is 7.51. The van der Waals surface area contributed by atoms with E-state index < -0.39 is 0 Å². The number of aromatic nitrogens is 1. The Labute approximate surface area is 151 Å². The van der Waals surface area contributed by atoms with Crippen molar-refractivity contribution in [3.8, 4) is 12.3 Å². The van der Waals surface area contributed by atoms with Gasteiger partial charge in [-0.05, 0) is 18.2 Å². The number of hydrogen-bond donors (Lipinski definition) is 2. The van der Waals surface area contributed by atoms with Crippen molar-refractivity contribution < 1.29 is 9.59 Å². The van der Waals surface area contributed by atoms with Crippen LogP contribution in [0.15, 0.2) is 40.7 Å². The van der Waals surface area contributed by atoms with E-state index in [1.54, 1.807) is 0 Å². The van der Waals surface area contributed by atoms with E-state index in [0.717, 1.165) is 23.0 Å². The maximum absolute atomic E-state index is 12.2. The lowest BCUT2D eigenvalue weighted by molar-refractivity contribution is -0.121. The highest BCUT2D eigenvalue weighted by atomic mass is 16.2. The van der Waals surface area contributed by atoms with E-state index in [9.17, 15) is 9.59 Å². The van der Waals surface area contributed by atoms with Gasteiger partial charge in [0, 0.05) is 44.3 Å². The van der Waals surface area contributed by atoms with Gasteiger partial charge in [-0.1, -0.05) is 6.07 Å². The number of anilines is 1. The quantitative estimate of drug-likeness (QED) is 0.716. The Kier molecular flexibility index (Phi) is 5.03. The van der Waals surface area contributed by atoms with Gasteiger partial charge in [-0.25, -0.2) is 0 Å². The van der Waals surface area contributed by atoms with E-state index in [1.807, 2.05) is 35.0 Å². The summed E-state index contributed by atoms with van der Waals surface area (Å²) in [5.41, 5.74) is 1.25. The van der Waals surface area contributed by atoms with E-state index in [1.165, 1.54) is 6.92 Å². The van der Waals surface area contributed by atoms with Crippen LogP contribution in [0, 0.1) is 12.3 Å². The molecule has 7 nitrogen and oxygen atoms in total. The Balaban J connectivity index is 1.56. The predicted octanol–water partition coefficient (Wildman–Crippen LogP) is 2.68. The molecule has 1 aromatic heterocycles. The molecule has 0 aliphatic carbocycles. The molecule has 1 aliphatic heterocycles. The summed E-state index contributed by atoms with van der Waals surface area (Å²) < 4.78 is 1.86. The zero-order chi connectivity index (χ0) is 18.6. The van der Waals surface area contributed by atoms with Crippen molar-refractivity contribution in [1.29, 1.82) is 0 Å². The third kappa shape index (κ3) is 4.09. The second-order valence-electron chi connectivity index (χ2n) is 6.35. The molecule has 0 fully saturated rings. The maximum Gasteiger partial charge on any atom is 0.239 e. The van der Waals surface area contributed by atoms with Crippen molar-refractivity contribution in [2.75, 3.05) is 11.9 Å². The fourth-order valence-corrected chi connectivity index (χ4v) is 2.94. The molecule has 26 heavy (non-hydrogen) atoms. The molecule has 0 saturated carbocycles. The molecule has 0 atom stereocenters. The summed E-state index contributed by atoms with van der Waals surface area (Å²) in [7, 11) is 0. The van der Waals surface area contributed by atoms with Gasteiger partial charge < -0.3 is 15.2 Å². The zero-order valence-electron chi connectivity index (χ0n) is 14.7. The average Bonchev–Trinajstić information content (AvgIpc) is 3.25. The van der Waals surface area contributed by atoms with Gasteiger partial charge in [-0.2, -0.15) is 10.2 Å². The van der Waals surface area contributed by atoms with Crippen LogP contribution in [0.25, 0.3) is 10.9 Å². The van der Waals surface area contributed by atoms with Gasteiger partial charge in [0.2, 0.25) is 11.8 Å². The standard InChI is InChI=1S/C19H21N5O2/c1-3-4-9-19(22-23-19)10-11-20-18(26)13-24-12-8-15-16(21-14(2)25)6-5-7-17(15)24/h1,5-8,12H,4,9-11,13H2,2H3,(H,20,26)(H,21,25). The fourth-order valence-electron chi connectivity index (χ4n) is 2.94. The van der Waals surface area contributed by atoms with Crippen LogP contribution in [0.3, 0.4) is 0 Å². The molecule has 2 heterocycles. The molecular weight excluding hydrogens is 330 g/mol. The number of carbonyl (C=O) groups excluding carboxylic acids is 2. The minimum absolute atomic E-state index is 0.0832. The second kappa shape index (κ2) is 7.40. The van der Waals surface area contributed by atoms with E-state index >= 15 is 0 Å². The van der Waals surface area contributed by atoms with Crippen LogP contribution in [0.5, 0.6) is 0 Å². The van der Waals surface area contributed by atoms with Crippen molar-refractivity contribution >= 4 is 28.4 Å². The molecule has 2 amide bonds.